The Labute approximate surface area is 109 Å². The van der Waals surface area contributed by atoms with Gasteiger partial charge < -0.3 is 4.42 Å². The average molecular weight is 250 g/mol. The van der Waals surface area contributed by atoms with Crippen molar-refractivity contribution in [2.24, 2.45) is 5.11 Å². The van der Waals surface area contributed by atoms with Gasteiger partial charge >= 0.3 is 0 Å². The van der Waals surface area contributed by atoms with Crippen LogP contribution in [0.1, 0.15) is 17.2 Å². The Morgan fingerprint density at radius 3 is 2.74 bits per heavy atom. The summed E-state index contributed by atoms with van der Waals surface area (Å²) in [6.45, 7) is 0. The van der Waals surface area contributed by atoms with Crippen LogP contribution in [0, 0.1) is 0 Å². The van der Waals surface area contributed by atoms with E-state index < -0.39 is 6.04 Å². The lowest BCUT2D eigenvalue weighted by molar-refractivity contribution is 0.602. The van der Waals surface area contributed by atoms with Gasteiger partial charge in [0.05, 0.1) is 6.04 Å². The number of hydrogen-bond acceptors (Lipinski definition) is 3. The highest BCUT2D eigenvalue weighted by molar-refractivity contribution is 5.77. The van der Waals surface area contributed by atoms with E-state index in [1.165, 1.54) is 6.39 Å². The summed E-state index contributed by atoms with van der Waals surface area (Å²) < 4.78 is 5.28. The van der Waals surface area contributed by atoms with E-state index in [9.17, 15) is 0 Å². The molecular weight excluding hydrogens is 240 g/mol. The Morgan fingerprint density at radius 1 is 1.11 bits per heavy atom. The molecule has 1 heterocycles. The fraction of sp³-hybridized carbons (Fsp3) is 0.0714. The highest BCUT2D eigenvalue weighted by Gasteiger charge is 2.16. The fourth-order valence-electron chi connectivity index (χ4n) is 2.12. The van der Waals surface area contributed by atoms with Crippen LogP contribution < -0.4 is 0 Å². The molecule has 5 nitrogen and oxygen atoms in total. The molecule has 0 fully saturated rings. The van der Waals surface area contributed by atoms with E-state index in [1.54, 1.807) is 0 Å². The topological polar surface area (TPSA) is 74.8 Å². The molecule has 0 saturated carbocycles. The predicted octanol–water partition coefficient (Wildman–Crippen LogP) is 4.23. The van der Waals surface area contributed by atoms with Gasteiger partial charge in [-0.05, 0) is 22.7 Å². The van der Waals surface area contributed by atoms with Gasteiger partial charge in [0, 0.05) is 4.91 Å². The first kappa shape index (κ1) is 11.3. The molecule has 92 valence electrons. The van der Waals surface area contributed by atoms with Crippen LogP contribution >= 0.6 is 0 Å². The summed E-state index contributed by atoms with van der Waals surface area (Å²) in [4.78, 5) is 7.14. The van der Waals surface area contributed by atoms with E-state index in [0.717, 1.165) is 16.6 Å². The van der Waals surface area contributed by atoms with Crippen molar-refractivity contribution in [3.05, 3.63) is 76.5 Å². The summed E-state index contributed by atoms with van der Waals surface area (Å²) in [5, 5.41) is 3.89. The standard InChI is InChI=1S/C14H10N4O/c15-18-17-13(10-5-2-1-3-6-10)11-7-4-8-12-14(11)16-9-19-12/h1-9,13H. The Kier molecular flexibility index (Phi) is 2.88. The predicted molar refractivity (Wildman–Crippen MR) is 71.4 cm³/mol. The minimum absolute atomic E-state index is 0.403. The largest absolute Gasteiger partial charge is 0.443 e. The van der Waals surface area contributed by atoms with Crippen LogP contribution in [0.3, 0.4) is 0 Å². The van der Waals surface area contributed by atoms with Crippen molar-refractivity contribution in [1.82, 2.24) is 4.98 Å². The molecule has 0 N–H and O–H groups in total. The second kappa shape index (κ2) is 4.84. The Balaban J connectivity index is 2.20. The number of fused-ring (bicyclic) bond motifs is 1. The van der Waals surface area contributed by atoms with Crippen molar-refractivity contribution >= 4 is 11.1 Å². The van der Waals surface area contributed by atoms with Crippen molar-refractivity contribution in [2.45, 2.75) is 6.04 Å². The molecular formula is C14H10N4O. The summed E-state index contributed by atoms with van der Waals surface area (Å²) in [5.41, 5.74) is 12.0. The van der Waals surface area contributed by atoms with Gasteiger partial charge in [0.25, 0.3) is 0 Å². The number of hydrogen-bond donors (Lipinski definition) is 0. The summed E-state index contributed by atoms with van der Waals surface area (Å²) in [6, 6.07) is 14.8. The molecule has 1 atom stereocenters. The number of benzene rings is 2. The van der Waals surface area contributed by atoms with Crippen molar-refractivity contribution < 1.29 is 4.42 Å². The smallest absolute Gasteiger partial charge is 0.181 e. The lowest BCUT2D eigenvalue weighted by atomic mass is 9.98. The molecule has 2 aromatic carbocycles. The highest BCUT2D eigenvalue weighted by Crippen LogP contribution is 2.31. The van der Waals surface area contributed by atoms with E-state index in [4.69, 9.17) is 9.95 Å². The Bertz CT molecular complexity index is 744. The number of azide groups is 1. The first-order valence-corrected chi connectivity index (χ1v) is 5.81. The summed E-state index contributed by atoms with van der Waals surface area (Å²) in [7, 11) is 0. The maximum absolute atomic E-state index is 8.80. The zero-order valence-corrected chi connectivity index (χ0v) is 9.97. The SMILES string of the molecule is [N-]=[N+]=NC(c1ccccc1)c1cccc2ocnc12. The van der Waals surface area contributed by atoms with Crippen LogP contribution in [0.5, 0.6) is 0 Å². The average Bonchev–Trinajstić information content (AvgIpc) is 2.94. The maximum Gasteiger partial charge on any atom is 0.181 e. The van der Waals surface area contributed by atoms with Crippen LogP contribution in [0.25, 0.3) is 21.5 Å². The van der Waals surface area contributed by atoms with Crippen molar-refractivity contribution in [3.63, 3.8) is 0 Å². The zero-order valence-electron chi connectivity index (χ0n) is 9.97. The third-order valence-corrected chi connectivity index (χ3v) is 2.97. The molecule has 1 unspecified atom stereocenters. The third-order valence-electron chi connectivity index (χ3n) is 2.97. The van der Waals surface area contributed by atoms with Gasteiger partial charge in [-0.3, -0.25) is 0 Å². The van der Waals surface area contributed by atoms with Crippen LogP contribution in [0.15, 0.2) is 64.5 Å². The van der Waals surface area contributed by atoms with Crippen molar-refractivity contribution in [1.29, 1.82) is 0 Å². The lowest BCUT2D eigenvalue weighted by Crippen LogP contribution is -1.98. The maximum atomic E-state index is 8.80. The molecule has 0 radical (unpaired) electrons. The van der Waals surface area contributed by atoms with E-state index in [1.807, 2.05) is 48.5 Å². The Hall–Kier alpha value is -2.78. The van der Waals surface area contributed by atoms with E-state index in [0.29, 0.717) is 5.58 Å². The van der Waals surface area contributed by atoms with Crippen LogP contribution in [0.2, 0.25) is 0 Å². The number of rotatable bonds is 3. The molecule has 0 aliphatic carbocycles. The zero-order chi connectivity index (χ0) is 13.1. The molecule has 19 heavy (non-hydrogen) atoms. The van der Waals surface area contributed by atoms with Gasteiger partial charge in [-0.15, -0.1) is 0 Å². The second-order valence-corrected chi connectivity index (χ2v) is 4.06. The van der Waals surface area contributed by atoms with Crippen LogP contribution in [-0.4, -0.2) is 4.98 Å². The molecule has 0 amide bonds. The number of nitrogens with zero attached hydrogens (tertiary/aromatic N) is 4. The summed E-state index contributed by atoms with van der Waals surface area (Å²) in [6.07, 6.45) is 1.40. The summed E-state index contributed by atoms with van der Waals surface area (Å²) >= 11 is 0. The highest BCUT2D eigenvalue weighted by atomic mass is 16.3. The molecule has 3 rings (SSSR count). The number of oxazole rings is 1. The monoisotopic (exact) mass is 250 g/mol. The fourth-order valence-corrected chi connectivity index (χ4v) is 2.12. The van der Waals surface area contributed by atoms with Gasteiger partial charge in [-0.25, -0.2) is 4.98 Å². The molecule has 0 bridgehead atoms. The van der Waals surface area contributed by atoms with Crippen molar-refractivity contribution in [3.8, 4) is 0 Å². The molecule has 5 heteroatoms. The van der Waals surface area contributed by atoms with E-state index in [2.05, 4.69) is 15.0 Å². The number of aromatic nitrogens is 1. The lowest BCUT2D eigenvalue weighted by Gasteiger charge is -2.12. The second-order valence-electron chi connectivity index (χ2n) is 4.06. The molecule has 0 aliphatic heterocycles. The van der Waals surface area contributed by atoms with Gasteiger partial charge in [0.1, 0.15) is 5.52 Å². The molecule has 0 aliphatic rings. The van der Waals surface area contributed by atoms with Crippen LogP contribution in [0.4, 0.5) is 0 Å². The van der Waals surface area contributed by atoms with Gasteiger partial charge in [-0.2, -0.15) is 0 Å². The van der Waals surface area contributed by atoms with Gasteiger partial charge in [0.15, 0.2) is 12.0 Å². The molecule has 3 aromatic rings. The first-order chi connectivity index (χ1) is 9.40. The van der Waals surface area contributed by atoms with E-state index in [-0.39, 0.29) is 0 Å². The molecule has 0 spiro atoms. The Morgan fingerprint density at radius 2 is 1.95 bits per heavy atom. The van der Waals surface area contributed by atoms with Crippen LogP contribution in [-0.2, 0) is 0 Å². The van der Waals surface area contributed by atoms with E-state index >= 15 is 0 Å². The number of para-hydroxylation sites is 1. The third kappa shape index (κ3) is 2.03. The molecule has 0 saturated heterocycles. The summed E-state index contributed by atoms with van der Waals surface area (Å²) in [5.74, 6) is 0. The van der Waals surface area contributed by atoms with Crippen molar-refractivity contribution in [2.75, 3.05) is 0 Å². The minimum atomic E-state index is -0.403. The quantitative estimate of drug-likeness (QED) is 0.396. The van der Waals surface area contributed by atoms with Gasteiger partial charge in [-0.1, -0.05) is 47.6 Å². The minimum Gasteiger partial charge on any atom is -0.443 e. The van der Waals surface area contributed by atoms with Gasteiger partial charge in [0.2, 0.25) is 0 Å². The normalized spacial score (nSPS) is 12.0. The first-order valence-electron chi connectivity index (χ1n) is 5.81. The molecule has 1 aromatic heterocycles.